The molecule has 1 amide bonds. The zero-order valence-electron chi connectivity index (χ0n) is 16.3. The second-order valence-electron chi connectivity index (χ2n) is 8.05. The number of benzene rings is 1. The van der Waals surface area contributed by atoms with Crippen LogP contribution in [0.3, 0.4) is 0 Å². The number of piperidine rings is 1. The van der Waals surface area contributed by atoms with Gasteiger partial charge < -0.3 is 9.80 Å². The van der Waals surface area contributed by atoms with Crippen molar-refractivity contribution in [3.8, 4) is 0 Å². The number of carbonyl (C=O) groups excluding carboxylic acids is 1. The van der Waals surface area contributed by atoms with Gasteiger partial charge >= 0.3 is 0 Å². The molecule has 2 saturated heterocycles. The van der Waals surface area contributed by atoms with Crippen molar-refractivity contribution >= 4 is 5.91 Å². The van der Waals surface area contributed by atoms with E-state index in [-0.39, 0.29) is 5.91 Å². The lowest BCUT2D eigenvalue weighted by Gasteiger charge is -2.35. The third-order valence-electron chi connectivity index (χ3n) is 6.40. The van der Waals surface area contributed by atoms with Gasteiger partial charge in [0.25, 0.3) is 5.91 Å². The van der Waals surface area contributed by atoms with E-state index in [0.717, 1.165) is 44.2 Å². The third-order valence-corrected chi connectivity index (χ3v) is 6.40. The normalized spacial score (nSPS) is 21.7. The molecule has 2 aliphatic heterocycles. The van der Waals surface area contributed by atoms with Gasteiger partial charge in [0.1, 0.15) is 5.69 Å². The second-order valence-corrected chi connectivity index (χ2v) is 8.05. The molecule has 0 spiro atoms. The summed E-state index contributed by atoms with van der Waals surface area (Å²) in [4.78, 5) is 17.3. The van der Waals surface area contributed by atoms with E-state index < -0.39 is 0 Å². The zero-order chi connectivity index (χ0) is 18.6. The highest BCUT2D eigenvalue weighted by Crippen LogP contribution is 2.32. The van der Waals surface area contributed by atoms with Crippen molar-refractivity contribution in [2.24, 2.45) is 18.9 Å². The number of likely N-dealkylation sites (tertiary alicyclic amines) is 2. The van der Waals surface area contributed by atoms with Gasteiger partial charge in [-0.15, -0.1) is 0 Å². The quantitative estimate of drug-likeness (QED) is 0.817. The van der Waals surface area contributed by atoms with Gasteiger partial charge in [-0.2, -0.15) is 5.10 Å². The zero-order valence-corrected chi connectivity index (χ0v) is 16.3. The molecule has 0 saturated carbocycles. The van der Waals surface area contributed by atoms with Gasteiger partial charge in [-0.25, -0.2) is 0 Å². The number of hydrogen-bond donors (Lipinski definition) is 0. The van der Waals surface area contributed by atoms with Gasteiger partial charge in [0, 0.05) is 39.4 Å². The predicted molar refractivity (Wildman–Crippen MR) is 107 cm³/mol. The smallest absolute Gasteiger partial charge is 0.272 e. The summed E-state index contributed by atoms with van der Waals surface area (Å²) in [7, 11) is 1.84. The minimum atomic E-state index is 0.129. The van der Waals surface area contributed by atoms with E-state index in [9.17, 15) is 4.79 Å². The standard InChI is InChI=1S/C22H30N4O/c1-24-21(7-12-23-24)22(27)26-15-10-19(11-16-26)20-9-14-25(17-20)13-8-18-5-3-2-4-6-18/h2-7,12,19-20H,8-11,13-17H2,1H3. The summed E-state index contributed by atoms with van der Waals surface area (Å²) in [5, 5.41) is 4.12. The van der Waals surface area contributed by atoms with Crippen molar-refractivity contribution in [3.05, 3.63) is 53.9 Å². The van der Waals surface area contributed by atoms with Gasteiger partial charge in [-0.05, 0) is 55.7 Å². The van der Waals surface area contributed by atoms with Crippen LogP contribution < -0.4 is 0 Å². The maximum Gasteiger partial charge on any atom is 0.272 e. The molecule has 4 rings (SSSR count). The maximum atomic E-state index is 12.6. The topological polar surface area (TPSA) is 41.4 Å². The van der Waals surface area contributed by atoms with Crippen LogP contribution >= 0.6 is 0 Å². The Morgan fingerprint density at radius 3 is 2.48 bits per heavy atom. The molecule has 2 aliphatic rings. The Morgan fingerprint density at radius 1 is 1.04 bits per heavy atom. The van der Waals surface area contributed by atoms with Gasteiger partial charge in [0.05, 0.1) is 0 Å². The van der Waals surface area contributed by atoms with Crippen molar-refractivity contribution in [1.82, 2.24) is 19.6 Å². The van der Waals surface area contributed by atoms with E-state index in [1.54, 1.807) is 10.9 Å². The van der Waals surface area contributed by atoms with E-state index in [1.165, 1.54) is 31.6 Å². The highest BCUT2D eigenvalue weighted by molar-refractivity contribution is 5.92. The number of amides is 1. The number of aromatic nitrogens is 2. The molecule has 1 aromatic heterocycles. The Morgan fingerprint density at radius 2 is 1.78 bits per heavy atom. The lowest BCUT2D eigenvalue weighted by atomic mass is 9.83. The second kappa shape index (κ2) is 8.26. The average molecular weight is 367 g/mol. The highest BCUT2D eigenvalue weighted by Gasteiger charge is 2.33. The molecule has 1 unspecified atom stereocenters. The molecule has 1 aromatic carbocycles. The van der Waals surface area contributed by atoms with Gasteiger partial charge in [0.2, 0.25) is 0 Å². The SMILES string of the molecule is Cn1nccc1C(=O)N1CCC(C2CCN(CCc3ccccc3)C2)CC1. The summed E-state index contributed by atoms with van der Waals surface area (Å²) >= 11 is 0. The highest BCUT2D eigenvalue weighted by atomic mass is 16.2. The first-order valence-corrected chi connectivity index (χ1v) is 10.2. The maximum absolute atomic E-state index is 12.6. The summed E-state index contributed by atoms with van der Waals surface area (Å²) in [5.74, 6) is 1.70. The number of hydrogen-bond acceptors (Lipinski definition) is 3. The fraction of sp³-hybridized carbons (Fsp3) is 0.545. The van der Waals surface area contributed by atoms with Gasteiger partial charge in [0.15, 0.2) is 0 Å². The molecule has 2 aromatic rings. The lowest BCUT2D eigenvalue weighted by molar-refractivity contribution is 0.0648. The summed E-state index contributed by atoms with van der Waals surface area (Å²) in [6.45, 7) is 5.39. The fourth-order valence-electron chi connectivity index (χ4n) is 4.70. The van der Waals surface area contributed by atoms with E-state index in [4.69, 9.17) is 0 Å². The van der Waals surface area contributed by atoms with E-state index in [0.29, 0.717) is 5.69 Å². The van der Waals surface area contributed by atoms with Crippen LogP contribution in [0.15, 0.2) is 42.6 Å². The minimum Gasteiger partial charge on any atom is -0.337 e. The first kappa shape index (κ1) is 18.2. The number of rotatable bonds is 5. The Kier molecular flexibility index (Phi) is 5.58. The van der Waals surface area contributed by atoms with Crippen LogP contribution in [-0.2, 0) is 13.5 Å². The molecule has 3 heterocycles. The Labute approximate surface area is 162 Å². The van der Waals surface area contributed by atoms with Crippen molar-refractivity contribution < 1.29 is 4.79 Å². The molecule has 5 heteroatoms. The van der Waals surface area contributed by atoms with E-state index >= 15 is 0 Å². The van der Waals surface area contributed by atoms with Crippen LogP contribution in [0.5, 0.6) is 0 Å². The summed E-state index contributed by atoms with van der Waals surface area (Å²) in [6.07, 6.45) is 6.43. The van der Waals surface area contributed by atoms with Gasteiger partial charge in [-0.3, -0.25) is 9.48 Å². The Balaban J connectivity index is 1.23. The largest absolute Gasteiger partial charge is 0.337 e. The molecule has 5 nitrogen and oxygen atoms in total. The molecule has 1 atom stereocenters. The van der Waals surface area contributed by atoms with Crippen LogP contribution in [0.2, 0.25) is 0 Å². The van der Waals surface area contributed by atoms with Crippen molar-refractivity contribution in [2.45, 2.75) is 25.7 Å². The van der Waals surface area contributed by atoms with E-state index in [1.807, 2.05) is 18.0 Å². The predicted octanol–water partition coefficient (Wildman–Crippen LogP) is 2.84. The molecule has 144 valence electrons. The van der Waals surface area contributed by atoms with Crippen LogP contribution in [0.1, 0.15) is 35.3 Å². The third kappa shape index (κ3) is 4.24. The van der Waals surface area contributed by atoms with E-state index in [2.05, 4.69) is 40.3 Å². The number of carbonyl (C=O) groups is 1. The monoisotopic (exact) mass is 366 g/mol. The molecule has 0 aliphatic carbocycles. The number of nitrogens with zero attached hydrogens (tertiary/aromatic N) is 4. The molecule has 0 radical (unpaired) electrons. The Bertz CT molecular complexity index is 749. The molecular weight excluding hydrogens is 336 g/mol. The number of aryl methyl sites for hydroxylation is 1. The first-order chi connectivity index (χ1) is 13.2. The molecule has 2 fully saturated rings. The average Bonchev–Trinajstić information content (AvgIpc) is 3.36. The Hall–Kier alpha value is -2.14. The van der Waals surface area contributed by atoms with Crippen molar-refractivity contribution in [1.29, 1.82) is 0 Å². The fourth-order valence-corrected chi connectivity index (χ4v) is 4.70. The minimum absolute atomic E-state index is 0.129. The van der Waals surface area contributed by atoms with Crippen molar-refractivity contribution in [2.75, 3.05) is 32.7 Å². The first-order valence-electron chi connectivity index (χ1n) is 10.2. The molecule has 0 bridgehead atoms. The summed E-state index contributed by atoms with van der Waals surface area (Å²) < 4.78 is 1.68. The van der Waals surface area contributed by atoms with Crippen molar-refractivity contribution in [3.63, 3.8) is 0 Å². The van der Waals surface area contributed by atoms with Crippen LogP contribution in [-0.4, -0.2) is 58.2 Å². The summed E-state index contributed by atoms with van der Waals surface area (Å²) in [6, 6.07) is 12.6. The van der Waals surface area contributed by atoms with Crippen LogP contribution in [0.25, 0.3) is 0 Å². The lowest BCUT2D eigenvalue weighted by Crippen LogP contribution is -2.41. The van der Waals surface area contributed by atoms with Gasteiger partial charge in [-0.1, -0.05) is 30.3 Å². The van der Waals surface area contributed by atoms with Crippen LogP contribution in [0, 0.1) is 11.8 Å². The summed E-state index contributed by atoms with van der Waals surface area (Å²) in [5.41, 5.74) is 2.13. The molecule has 0 N–H and O–H groups in total. The molecular formula is C22H30N4O. The molecule has 27 heavy (non-hydrogen) atoms. The van der Waals surface area contributed by atoms with Crippen LogP contribution in [0.4, 0.5) is 0 Å².